The Morgan fingerprint density at radius 1 is 1.17 bits per heavy atom. The number of methoxy groups -OCH3 is 2. The van der Waals surface area contributed by atoms with Crippen LogP contribution in [0, 0.1) is 12.8 Å². The lowest BCUT2D eigenvalue weighted by Gasteiger charge is -2.27. The Labute approximate surface area is 216 Å². The van der Waals surface area contributed by atoms with Crippen LogP contribution in [0.3, 0.4) is 0 Å². The highest BCUT2D eigenvalue weighted by atomic mass is 35.5. The second kappa shape index (κ2) is 10.8. The van der Waals surface area contributed by atoms with Crippen LogP contribution in [-0.4, -0.2) is 60.1 Å². The van der Waals surface area contributed by atoms with Crippen LogP contribution in [0.1, 0.15) is 53.5 Å². The molecule has 3 aromatic rings. The van der Waals surface area contributed by atoms with Crippen molar-refractivity contribution in [3.8, 4) is 28.5 Å². The molecule has 0 saturated carbocycles. The SMILES string of the molecule is COCCN1C(=O)c2[nH]nc(-c3cc(Cl)c(C)cc3O)c2C1c1ccc(OCCC(C)C)c(OC)c1. The van der Waals surface area contributed by atoms with Crippen LogP contribution < -0.4 is 9.47 Å². The minimum Gasteiger partial charge on any atom is -0.507 e. The number of carbonyl (C=O) groups excluding carboxylic acids is 1. The zero-order chi connectivity index (χ0) is 26.0. The van der Waals surface area contributed by atoms with E-state index in [9.17, 15) is 9.90 Å². The number of fused-ring (bicyclic) bond motifs is 1. The number of hydrogen-bond acceptors (Lipinski definition) is 6. The summed E-state index contributed by atoms with van der Waals surface area (Å²) in [6.07, 6.45) is 0.928. The fourth-order valence-corrected chi connectivity index (χ4v) is 4.57. The van der Waals surface area contributed by atoms with Crippen LogP contribution in [0.4, 0.5) is 0 Å². The molecule has 2 N–H and O–H groups in total. The molecule has 2 aromatic carbocycles. The molecule has 0 radical (unpaired) electrons. The predicted octanol–water partition coefficient (Wildman–Crippen LogP) is 5.37. The number of amides is 1. The van der Waals surface area contributed by atoms with Gasteiger partial charge in [-0.2, -0.15) is 5.10 Å². The van der Waals surface area contributed by atoms with Gasteiger partial charge in [-0.05, 0) is 54.7 Å². The number of aromatic amines is 1. The van der Waals surface area contributed by atoms with Crippen molar-refractivity contribution >= 4 is 17.5 Å². The number of hydrogen-bond donors (Lipinski definition) is 2. The van der Waals surface area contributed by atoms with Gasteiger partial charge in [-0.25, -0.2) is 0 Å². The molecular formula is C27H32ClN3O5. The molecule has 0 aliphatic carbocycles. The van der Waals surface area contributed by atoms with Gasteiger partial charge in [-0.15, -0.1) is 0 Å². The largest absolute Gasteiger partial charge is 0.507 e. The van der Waals surface area contributed by atoms with Gasteiger partial charge in [0, 0.05) is 29.8 Å². The molecule has 1 aliphatic heterocycles. The summed E-state index contributed by atoms with van der Waals surface area (Å²) in [5, 5.41) is 18.5. The first-order valence-electron chi connectivity index (χ1n) is 11.9. The molecular weight excluding hydrogens is 482 g/mol. The summed E-state index contributed by atoms with van der Waals surface area (Å²) in [6.45, 7) is 7.43. The van der Waals surface area contributed by atoms with E-state index < -0.39 is 6.04 Å². The number of nitrogens with zero attached hydrogens (tertiary/aromatic N) is 2. The van der Waals surface area contributed by atoms with Gasteiger partial charge in [0.05, 0.1) is 26.4 Å². The molecule has 1 aliphatic rings. The monoisotopic (exact) mass is 513 g/mol. The Hall–Kier alpha value is -3.23. The van der Waals surface area contributed by atoms with Crippen LogP contribution >= 0.6 is 11.6 Å². The predicted molar refractivity (Wildman–Crippen MR) is 138 cm³/mol. The van der Waals surface area contributed by atoms with Crippen molar-refractivity contribution in [2.75, 3.05) is 34.0 Å². The number of H-pyrrole nitrogens is 1. The fraction of sp³-hybridized carbons (Fsp3) is 0.407. The Kier molecular flexibility index (Phi) is 7.76. The molecule has 0 bridgehead atoms. The first kappa shape index (κ1) is 25.9. The van der Waals surface area contributed by atoms with E-state index in [0.29, 0.717) is 64.7 Å². The summed E-state index contributed by atoms with van der Waals surface area (Å²) < 4.78 is 16.9. The molecule has 0 saturated heterocycles. The number of ether oxygens (including phenoxy) is 3. The number of nitrogens with one attached hydrogen (secondary N) is 1. The van der Waals surface area contributed by atoms with Crippen molar-refractivity contribution in [3.63, 3.8) is 0 Å². The fourth-order valence-electron chi connectivity index (χ4n) is 4.40. The maximum Gasteiger partial charge on any atom is 0.273 e. The molecule has 0 spiro atoms. The highest BCUT2D eigenvalue weighted by Gasteiger charge is 2.42. The summed E-state index contributed by atoms with van der Waals surface area (Å²) >= 11 is 6.38. The van der Waals surface area contributed by atoms with Crippen molar-refractivity contribution in [1.82, 2.24) is 15.1 Å². The van der Waals surface area contributed by atoms with Crippen molar-refractivity contribution in [1.29, 1.82) is 0 Å². The van der Waals surface area contributed by atoms with Gasteiger partial charge >= 0.3 is 0 Å². The average Bonchev–Trinajstić information content (AvgIpc) is 3.38. The van der Waals surface area contributed by atoms with Crippen LogP contribution in [0.25, 0.3) is 11.3 Å². The Bertz CT molecular complexity index is 1260. The molecule has 1 atom stereocenters. The third kappa shape index (κ3) is 4.88. The van der Waals surface area contributed by atoms with Gasteiger partial charge in [0.1, 0.15) is 17.1 Å². The number of phenols is 1. The summed E-state index contributed by atoms with van der Waals surface area (Å²) in [5.41, 5.74) is 3.54. The topological polar surface area (TPSA) is 96.9 Å². The van der Waals surface area contributed by atoms with E-state index in [0.717, 1.165) is 17.5 Å². The second-order valence-electron chi connectivity index (χ2n) is 9.31. The number of benzene rings is 2. The quantitative estimate of drug-likeness (QED) is 0.378. The average molecular weight is 514 g/mol. The van der Waals surface area contributed by atoms with Crippen molar-refractivity contribution in [3.05, 3.63) is 57.7 Å². The molecule has 0 fully saturated rings. The first-order chi connectivity index (χ1) is 17.3. The van der Waals surface area contributed by atoms with Crippen LogP contribution in [-0.2, 0) is 4.74 Å². The summed E-state index contributed by atoms with van der Waals surface area (Å²) in [5.74, 6) is 1.60. The minimum atomic E-state index is -0.477. The van der Waals surface area contributed by atoms with Crippen molar-refractivity contribution in [2.24, 2.45) is 5.92 Å². The molecule has 8 nitrogen and oxygen atoms in total. The molecule has 2 heterocycles. The zero-order valence-corrected chi connectivity index (χ0v) is 22.0. The molecule has 9 heteroatoms. The van der Waals surface area contributed by atoms with E-state index in [1.807, 2.05) is 25.1 Å². The standard InChI is InChI=1S/C27H32ClN3O5/c1-15(2)8-10-36-21-7-6-17(13-22(21)35-5)26-23-24(18-14-19(28)16(3)12-20(18)32)29-30-25(23)27(33)31(26)9-11-34-4/h6-7,12-15,26,32H,8-11H2,1-5H3,(H,29,30). The Morgan fingerprint density at radius 3 is 2.64 bits per heavy atom. The van der Waals surface area contributed by atoms with Gasteiger partial charge in [-0.3, -0.25) is 9.89 Å². The lowest BCUT2D eigenvalue weighted by Crippen LogP contribution is -2.32. The lowest BCUT2D eigenvalue weighted by molar-refractivity contribution is 0.0677. The number of aromatic hydroxyl groups is 1. The van der Waals surface area contributed by atoms with E-state index in [-0.39, 0.29) is 11.7 Å². The summed E-state index contributed by atoms with van der Waals surface area (Å²) in [6, 6.07) is 8.48. The van der Waals surface area contributed by atoms with Crippen LogP contribution in [0.5, 0.6) is 17.2 Å². The number of aryl methyl sites for hydroxylation is 1. The molecule has 1 unspecified atom stereocenters. The number of aromatic nitrogens is 2. The molecule has 1 aromatic heterocycles. The van der Waals surface area contributed by atoms with Gasteiger partial charge in [0.15, 0.2) is 11.5 Å². The Morgan fingerprint density at radius 2 is 1.94 bits per heavy atom. The molecule has 4 rings (SSSR count). The summed E-state index contributed by atoms with van der Waals surface area (Å²) in [4.78, 5) is 15.2. The molecule has 1 amide bonds. The van der Waals surface area contributed by atoms with Crippen molar-refractivity contribution < 1.29 is 24.1 Å². The van der Waals surface area contributed by atoms with Crippen LogP contribution in [0.2, 0.25) is 5.02 Å². The Balaban J connectivity index is 1.80. The van der Waals surface area contributed by atoms with Crippen LogP contribution in [0.15, 0.2) is 30.3 Å². The molecule has 36 heavy (non-hydrogen) atoms. The van der Waals surface area contributed by atoms with E-state index >= 15 is 0 Å². The number of rotatable bonds is 10. The smallest absolute Gasteiger partial charge is 0.273 e. The normalized spacial score (nSPS) is 15.0. The van der Waals surface area contributed by atoms with E-state index in [1.165, 1.54) is 0 Å². The minimum absolute atomic E-state index is 0.0409. The summed E-state index contributed by atoms with van der Waals surface area (Å²) in [7, 11) is 3.19. The van der Waals surface area contributed by atoms with E-state index in [1.54, 1.807) is 31.3 Å². The van der Waals surface area contributed by atoms with E-state index in [4.69, 9.17) is 25.8 Å². The molecule has 192 valence electrons. The third-order valence-corrected chi connectivity index (χ3v) is 6.80. The van der Waals surface area contributed by atoms with E-state index in [2.05, 4.69) is 24.0 Å². The number of halogens is 1. The third-order valence-electron chi connectivity index (χ3n) is 6.39. The number of carbonyl (C=O) groups is 1. The number of phenolic OH excluding ortho intramolecular Hbond substituents is 1. The second-order valence-corrected chi connectivity index (χ2v) is 9.72. The van der Waals surface area contributed by atoms with Gasteiger partial charge in [0.25, 0.3) is 5.91 Å². The van der Waals surface area contributed by atoms with Gasteiger partial charge in [-0.1, -0.05) is 31.5 Å². The van der Waals surface area contributed by atoms with Gasteiger partial charge in [0.2, 0.25) is 0 Å². The highest BCUT2D eigenvalue weighted by Crippen LogP contribution is 2.46. The maximum absolute atomic E-state index is 13.4. The van der Waals surface area contributed by atoms with Gasteiger partial charge < -0.3 is 24.2 Å². The highest BCUT2D eigenvalue weighted by molar-refractivity contribution is 6.31. The van der Waals surface area contributed by atoms with Crippen molar-refractivity contribution in [2.45, 2.75) is 33.2 Å². The first-order valence-corrected chi connectivity index (χ1v) is 12.3. The zero-order valence-electron chi connectivity index (χ0n) is 21.2. The maximum atomic E-state index is 13.4. The lowest BCUT2D eigenvalue weighted by atomic mass is 9.95.